The summed E-state index contributed by atoms with van der Waals surface area (Å²) in [7, 11) is 0. The average molecular weight is 527 g/mol. The molecule has 1 aromatic carbocycles. The zero-order valence-corrected chi connectivity index (χ0v) is 21.6. The van der Waals surface area contributed by atoms with Crippen LogP contribution in [0, 0.1) is 23.2 Å². The predicted molar refractivity (Wildman–Crippen MR) is 139 cm³/mol. The summed E-state index contributed by atoms with van der Waals surface area (Å²) in [4.78, 5) is 25.2. The summed E-state index contributed by atoms with van der Waals surface area (Å²) in [5, 5.41) is 15.2. The van der Waals surface area contributed by atoms with Gasteiger partial charge in [0, 0.05) is 42.6 Å². The van der Waals surface area contributed by atoms with E-state index in [2.05, 4.69) is 26.0 Å². The average Bonchev–Trinajstić information content (AvgIpc) is 3.20. The van der Waals surface area contributed by atoms with E-state index in [0.29, 0.717) is 39.5 Å². The number of benzene rings is 1. The number of amides is 1. The monoisotopic (exact) mass is 526 g/mol. The molecule has 2 aliphatic heterocycles. The number of anilines is 1. The zero-order chi connectivity index (χ0) is 25.4. The van der Waals surface area contributed by atoms with Crippen LogP contribution < -0.4 is 10.6 Å². The Kier molecular flexibility index (Phi) is 7.02. The number of carbonyl (C=O) groups is 1. The molecule has 5 rings (SSSR count). The van der Waals surface area contributed by atoms with E-state index in [1.165, 1.54) is 6.42 Å². The van der Waals surface area contributed by atoms with Crippen LogP contribution in [0.1, 0.15) is 43.5 Å². The van der Waals surface area contributed by atoms with Crippen molar-refractivity contribution in [1.29, 1.82) is 5.26 Å². The third kappa shape index (κ3) is 4.85. The van der Waals surface area contributed by atoms with Crippen LogP contribution in [0.2, 0.25) is 10.0 Å². The molecule has 4 heterocycles. The van der Waals surface area contributed by atoms with Gasteiger partial charge in [0.15, 0.2) is 11.3 Å². The Morgan fingerprint density at radius 1 is 1.28 bits per heavy atom. The number of aromatic nitrogens is 4. The number of hydrogen-bond donors (Lipinski definition) is 1. The largest absolute Gasteiger partial charge is 0.370 e. The standard InChI is InChI=1S/C25H28Cl2N8O/c1-15(19-5-4-18(26)9-20(19)27)35-25-24(21(10-28)32-35)30-11-23(31-25)34-13-17(14-34)16-3-2-7-33(12-16)8-6-22(29)36/h4-5,9,11,15-17H,2-3,6-8,12-14H2,1H3,(H2,29,36)/t15-,16-/m1/s1. The summed E-state index contributed by atoms with van der Waals surface area (Å²) in [5.41, 5.74) is 7.44. The van der Waals surface area contributed by atoms with Crippen LogP contribution in [0.3, 0.4) is 0 Å². The van der Waals surface area contributed by atoms with Crippen molar-refractivity contribution in [2.24, 2.45) is 17.6 Å². The molecule has 0 spiro atoms. The number of hydrogen-bond acceptors (Lipinski definition) is 7. The molecule has 0 bridgehead atoms. The highest BCUT2D eigenvalue weighted by atomic mass is 35.5. The first kappa shape index (κ1) is 24.8. The van der Waals surface area contributed by atoms with E-state index in [9.17, 15) is 10.1 Å². The van der Waals surface area contributed by atoms with Crippen LogP contribution in [0.4, 0.5) is 5.82 Å². The van der Waals surface area contributed by atoms with E-state index in [4.69, 9.17) is 33.9 Å². The van der Waals surface area contributed by atoms with Crippen molar-refractivity contribution in [3.63, 3.8) is 0 Å². The fourth-order valence-electron chi connectivity index (χ4n) is 5.31. The van der Waals surface area contributed by atoms with Gasteiger partial charge < -0.3 is 15.5 Å². The number of nitriles is 1. The van der Waals surface area contributed by atoms with Crippen molar-refractivity contribution >= 4 is 46.1 Å². The van der Waals surface area contributed by atoms with Gasteiger partial charge >= 0.3 is 0 Å². The van der Waals surface area contributed by atoms with Gasteiger partial charge in [-0.25, -0.2) is 14.6 Å². The third-order valence-electron chi connectivity index (χ3n) is 7.39. The van der Waals surface area contributed by atoms with E-state index in [-0.39, 0.29) is 17.6 Å². The van der Waals surface area contributed by atoms with Crippen molar-refractivity contribution in [2.75, 3.05) is 37.6 Å². The molecule has 36 heavy (non-hydrogen) atoms. The number of halogens is 2. The molecule has 0 radical (unpaired) electrons. The molecule has 1 amide bonds. The van der Waals surface area contributed by atoms with Crippen LogP contribution >= 0.6 is 23.2 Å². The molecular formula is C25H28Cl2N8O. The van der Waals surface area contributed by atoms with Gasteiger partial charge in [0.1, 0.15) is 17.4 Å². The van der Waals surface area contributed by atoms with Gasteiger partial charge in [0.2, 0.25) is 5.91 Å². The maximum atomic E-state index is 11.2. The molecule has 188 valence electrons. The van der Waals surface area contributed by atoms with E-state index in [1.54, 1.807) is 23.0 Å². The Morgan fingerprint density at radius 2 is 2.08 bits per heavy atom. The topological polar surface area (TPSA) is 117 Å². The molecule has 2 saturated heterocycles. The summed E-state index contributed by atoms with van der Waals surface area (Å²) in [5.74, 6) is 1.71. The molecule has 0 unspecified atom stereocenters. The van der Waals surface area contributed by atoms with Crippen LogP contribution in [0.25, 0.3) is 11.2 Å². The minimum atomic E-state index is -0.262. The van der Waals surface area contributed by atoms with Gasteiger partial charge in [-0.15, -0.1) is 0 Å². The zero-order valence-electron chi connectivity index (χ0n) is 20.1. The van der Waals surface area contributed by atoms with Crippen molar-refractivity contribution in [3.8, 4) is 6.07 Å². The molecule has 3 aromatic rings. The second-order valence-electron chi connectivity index (χ2n) is 9.73. The van der Waals surface area contributed by atoms with Crippen LogP contribution in [0.15, 0.2) is 24.4 Å². The summed E-state index contributed by atoms with van der Waals surface area (Å²) >= 11 is 12.5. The third-order valence-corrected chi connectivity index (χ3v) is 7.96. The lowest BCUT2D eigenvalue weighted by atomic mass is 9.80. The highest BCUT2D eigenvalue weighted by Gasteiger charge is 2.36. The maximum Gasteiger partial charge on any atom is 0.218 e. The summed E-state index contributed by atoms with van der Waals surface area (Å²) in [6, 6.07) is 7.22. The molecule has 9 nitrogen and oxygen atoms in total. The summed E-state index contributed by atoms with van der Waals surface area (Å²) in [6.07, 6.45) is 4.49. The lowest BCUT2D eigenvalue weighted by molar-refractivity contribution is -0.118. The molecule has 2 N–H and O–H groups in total. The van der Waals surface area contributed by atoms with Crippen LogP contribution in [-0.2, 0) is 4.79 Å². The van der Waals surface area contributed by atoms with Gasteiger partial charge in [-0.3, -0.25) is 4.79 Å². The van der Waals surface area contributed by atoms with Gasteiger partial charge in [-0.2, -0.15) is 10.4 Å². The van der Waals surface area contributed by atoms with Crippen molar-refractivity contribution < 1.29 is 4.79 Å². The van der Waals surface area contributed by atoms with Gasteiger partial charge in [0.25, 0.3) is 0 Å². The maximum absolute atomic E-state index is 11.2. The Morgan fingerprint density at radius 3 is 2.81 bits per heavy atom. The lowest BCUT2D eigenvalue weighted by Gasteiger charge is -2.47. The van der Waals surface area contributed by atoms with Crippen LogP contribution in [-0.4, -0.2) is 63.3 Å². The van der Waals surface area contributed by atoms with Crippen molar-refractivity contribution in [2.45, 2.75) is 32.2 Å². The molecule has 2 aromatic heterocycles. The molecule has 2 fully saturated rings. The first-order chi connectivity index (χ1) is 17.3. The SMILES string of the molecule is C[C@H](c1ccc(Cl)cc1Cl)n1nc(C#N)c2ncc(N3CC([C@@H]4CCCN(CCC(N)=O)C4)C3)nc21. The first-order valence-electron chi connectivity index (χ1n) is 12.2. The Labute approximate surface area is 219 Å². The Balaban J connectivity index is 1.33. The summed E-state index contributed by atoms with van der Waals surface area (Å²) in [6.45, 7) is 6.56. The van der Waals surface area contributed by atoms with Gasteiger partial charge in [-0.1, -0.05) is 29.3 Å². The first-order valence-corrected chi connectivity index (χ1v) is 13.0. The number of rotatable bonds is 7. The van der Waals surface area contributed by atoms with Gasteiger partial charge in [0.05, 0.1) is 12.2 Å². The second-order valence-corrected chi connectivity index (χ2v) is 10.6. The number of fused-ring (bicyclic) bond motifs is 1. The number of nitrogens with zero attached hydrogens (tertiary/aromatic N) is 7. The highest BCUT2D eigenvalue weighted by molar-refractivity contribution is 6.35. The Bertz CT molecular complexity index is 1330. The number of likely N-dealkylation sites (tertiary alicyclic amines) is 1. The fraction of sp³-hybridized carbons (Fsp3) is 0.480. The molecule has 0 aliphatic carbocycles. The van der Waals surface area contributed by atoms with E-state index >= 15 is 0 Å². The second kappa shape index (κ2) is 10.2. The fourth-order valence-corrected chi connectivity index (χ4v) is 5.88. The van der Waals surface area contributed by atoms with Crippen molar-refractivity contribution in [1.82, 2.24) is 24.6 Å². The number of primary amides is 1. The number of nitrogens with two attached hydrogens (primary N) is 1. The smallest absolute Gasteiger partial charge is 0.218 e. The van der Waals surface area contributed by atoms with E-state index < -0.39 is 0 Å². The number of carbonyl (C=O) groups excluding carboxylic acids is 1. The lowest BCUT2D eigenvalue weighted by Crippen LogP contribution is -2.54. The summed E-state index contributed by atoms with van der Waals surface area (Å²) < 4.78 is 1.72. The van der Waals surface area contributed by atoms with Crippen LogP contribution in [0.5, 0.6) is 0 Å². The van der Waals surface area contributed by atoms with Crippen molar-refractivity contribution in [3.05, 3.63) is 45.7 Å². The molecule has 11 heteroatoms. The number of piperidine rings is 1. The predicted octanol–water partition coefficient (Wildman–Crippen LogP) is 3.64. The minimum absolute atomic E-state index is 0.237. The van der Waals surface area contributed by atoms with E-state index in [1.807, 2.05) is 13.0 Å². The van der Waals surface area contributed by atoms with Gasteiger partial charge in [-0.05, 0) is 55.8 Å². The molecular weight excluding hydrogens is 499 g/mol. The Hall–Kier alpha value is -2.93. The minimum Gasteiger partial charge on any atom is -0.370 e. The highest BCUT2D eigenvalue weighted by Crippen LogP contribution is 2.35. The normalized spacial score (nSPS) is 19.7. The molecule has 2 aliphatic rings. The molecule has 2 atom stereocenters. The molecule has 0 saturated carbocycles. The quantitative estimate of drug-likeness (QED) is 0.499. The van der Waals surface area contributed by atoms with E-state index in [0.717, 1.165) is 50.5 Å².